The first kappa shape index (κ1) is 22.0. The van der Waals surface area contributed by atoms with Gasteiger partial charge in [0.05, 0.1) is 5.69 Å². The number of fused-ring (bicyclic) bond motifs is 1. The number of hydrogen-bond donors (Lipinski definition) is 4. The van der Waals surface area contributed by atoms with Crippen LogP contribution in [0, 0.1) is 0 Å². The minimum atomic E-state index is -4.55. The number of aromatic amines is 1. The highest BCUT2D eigenvalue weighted by Crippen LogP contribution is 2.44. The molecule has 0 spiro atoms. The molecule has 3 aromatic rings. The minimum Gasteiger partial charge on any atom is -0.336 e. The Kier molecular flexibility index (Phi) is 5.50. The van der Waals surface area contributed by atoms with E-state index in [2.05, 4.69) is 19.7 Å². The van der Waals surface area contributed by atoms with Crippen LogP contribution in [0.2, 0.25) is 0 Å². The van der Waals surface area contributed by atoms with Gasteiger partial charge in [-0.15, -0.1) is 0 Å². The van der Waals surface area contributed by atoms with Crippen LogP contribution in [-0.4, -0.2) is 50.0 Å². The zero-order valence-corrected chi connectivity index (χ0v) is 17.6. The van der Waals surface area contributed by atoms with Gasteiger partial charge in [-0.3, -0.25) is 14.1 Å². The molecule has 8 nitrogen and oxygen atoms in total. The lowest BCUT2D eigenvalue weighted by Gasteiger charge is -2.39. The summed E-state index contributed by atoms with van der Waals surface area (Å²) in [5.41, 5.74) is -0.208. The van der Waals surface area contributed by atoms with Crippen molar-refractivity contribution < 1.29 is 30.7 Å². The van der Waals surface area contributed by atoms with Crippen molar-refractivity contribution in [1.82, 2.24) is 19.7 Å². The van der Waals surface area contributed by atoms with Gasteiger partial charge in [-0.05, 0) is 37.1 Å². The molecule has 168 valence electrons. The van der Waals surface area contributed by atoms with Gasteiger partial charge in [0.1, 0.15) is 16.2 Å². The molecule has 4 rings (SSSR count). The lowest BCUT2D eigenvalue weighted by molar-refractivity contribution is -0.140. The molecule has 0 radical (unpaired) electrons. The molecule has 0 aromatic carbocycles. The van der Waals surface area contributed by atoms with Gasteiger partial charge in [0.2, 0.25) is 10.0 Å². The molecular formula is C18H19F3N4O4S2. The summed E-state index contributed by atoms with van der Waals surface area (Å²) < 4.78 is 86.1. The van der Waals surface area contributed by atoms with E-state index in [1.165, 1.54) is 24.4 Å². The van der Waals surface area contributed by atoms with Gasteiger partial charge >= 0.3 is 6.18 Å². The first-order chi connectivity index (χ1) is 14.4. The fraction of sp³-hybridized carbons (Fsp3) is 0.333. The maximum absolute atomic E-state index is 13.0. The smallest absolute Gasteiger partial charge is 0.336 e. The van der Waals surface area contributed by atoms with Crippen molar-refractivity contribution in [3.8, 4) is 11.3 Å². The summed E-state index contributed by atoms with van der Waals surface area (Å²) >= 11 is 0. The van der Waals surface area contributed by atoms with Crippen LogP contribution in [0.3, 0.4) is 0 Å². The van der Waals surface area contributed by atoms with Gasteiger partial charge in [-0.25, -0.2) is 18.1 Å². The van der Waals surface area contributed by atoms with Gasteiger partial charge in [-0.1, -0.05) is 0 Å². The Morgan fingerprint density at radius 3 is 2.45 bits per heavy atom. The molecule has 4 heterocycles. The quantitative estimate of drug-likeness (QED) is 0.453. The van der Waals surface area contributed by atoms with Crippen LogP contribution in [0.5, 0.6) is 0 Å². The predicted octanol–water partition coefficient (Wildman–Crippen LogP) is 3.84. The van der Waals surface area contributed by atoms with E-state index in [1.807, 2.05) is 0 Å². The maximum Gasteiger partial charge on any atom is 0.431 e. The van der Waals surface area contributed by atoms with E-state index in [0.717, 1.165) is 12.3 Å². The number of nitrogens with one attached hydrogen (secondary N) is 2. The Balaban J connectivity index is 1.58. The predicted molar refractivity (Wildman–Crippen MR) is 110 cm³/mol. The third-order valence-electron chi connectivity index (χ3n) is 5.07. The number of alkyl halides is 3. The summed E-state index contributed by atoms with van der Waals surface area (Å²) in [7, 11) is -6.51. The van der Waals surface area contributed by atoms with Crippen molar-refractivity contribution in [1.29, 1.82) is 0 Å². The largest absolute Gasteiger partial charge is 0.431 e. The van der Waals surface area contributed by atoms with Gasteiger partial charge in [0.25, 0.3) is 0 Å². The second-order valence-corrected chi connectivity index (χ2v) is 11.4. The van der Waals surface area contributed by atoms with Crippen molar-refractivity contribution >= 4 is 31.6 Å². The summed E-state index contributed by atoms with van der Waals surface area (Å²) in [6, 6.07) is 4.78. The van der Waals surface area contributed by atoms with Gasteiger partial charge in [0.15, 0.2) is 0 Å². The molecule has 0 unspecified atom stereocenters. The standard InChI is InChI=1S/C18H19F3N4O4S2/c19-18(20,21)16-9-14-13(3-6-22-17(14)24-16)15-2-1-12(10-23-15)31(28,29)25-11-4-7-30(26,27)8-5-11/h1-3,6,9-11,25-27H,4-5,7-8H2,(H,22,24). The van der Waals surface area contributed by atoms with E-state index in [9.17, 15) is 30.7 Å². The van der Waals surface area contributed by atoms with Gasteiger partial charge < -0.3 is 4.98 Å². The summed E-state index contributed by atoms with van der Waals surface area (Å²) in [4.78, 5) is 10.2. The van der Waals surface area contributed by atoms with Crippen LogP contribution in [0.4, 0.5) is 13.2 Å². The lowest BCUT2D eigenvalue weighted by atomic mass is 10.1. The van der Waals surface area contributed by atoms with Crippen molar-refractivity contribution in [3.63, 3.8) is 0 Å². The van der Waals surface area contributed by atoms with E-state index < -0.39 is 38.5 Å². The van der Waals surface area contributed by atoms with E-state index in [4.69, 9.17) is 0 Å². The highest BCUT2D eigenvalue weighted by molar-refractivity contribution is 8.24. The van der Waals surface area contributed by atoms with E-state index in [1.54, 1.807) is 0 Å². The Morgan fingerprint density at radius 2 is 1.84 bits per heavy atom. The Labute approximate surface area is 177 Å². The molecule has 1 fully saturated rings. The molecule has 13 heteroatoms. The van der Waals surface area contributed by atoms with Crippen LogP contribution >= 0.6 is 10.6 Å². The zero-order chi connectivity index (χ0) is 22.4. The number of sulfonamides is 1. The number of halogens is 3. The molecular weight excluding hydrogens is 457 g/mol. The second kappa shape index (κ2) is 7.74. The first-order valence-electron chi connectivity index (χ1n) is 9.22. The molecule has 1 aliphatic rings. The maximum atomic E-state index is 13.0. The average molecular weight is 477 g/mol. The van der Waals surface area contributed by atoms with Gasteiger partial charge in [-0.2, -0.15) is 23.8 Å². The van der Waals surface area contributed by atoms with E-state index in [0.29, 0.717) is 24.1 Å². The van der Waals surface area contributed by atoms with Crippen LogP contribution in [-0.2, 0) is 16.2 Å². The molecule has 0 bridgehead atoms. The number of pyridine rings is 2. The number of rotatable bonds is 4. The Morgan fingerprint density at radius 1 is 1.13 bits per heavy atom. The normalized spacial score (nSPS) is 18.9. The number of hydrogen-bond acceptors (Lipinski definition) is 6. The van der Waals surface area contributed by atoms with Crippen molar-refractivity contribution in [3.05, 3.63) is 42.4 Å². The summed E-state index contributed by atoms with van der Waals surface area (Å²) in [6.07, 6.45) is -1.44. The number of aromatic nitrogens is 3. The third-order valence-corrected chi connectivity index (χ3v) is 8.35. The van der Waals surface area contributed by atoms with Crippen LogP contribution in [0.1, 0.15) is 18.5 Å². The molecule has 1 saturated heterocycles. The summed E-state index contributed by atoms with van der Waals surface area (Å²) in [5.74, 6) is 0.290. The lowest BCUT2D eigenvalue weighted by Crippen LogP contribution is -2.39. The second-order valence-electron chi connectivity index (χ2n) is 7.29. The molecule has 1 aliphatic heterocycles. The molecule has 31 heavy (non-hydrogen) atoms. The van der Waals surface area contributed by atoms with Crippen molar-refractivity contribution in [2.45, 2.75) is 30.0 Å². The Hall–Kier alpha value is -2.19. The van der Waals surface area contributed by atoms with E-state index in [-0.39, 0.29) is 27.4 Å². The molecule has 0 amide bonds. The van der Waals surface area contributed by atoms with E-state index >= 15 is 0 Å². The molecule has 0 atom stereocenters. The molecule has 0 saturated carbocycles. The fourth-order valence-electron chi connectivity index (χ4n) is 3.42. The highest BCUT2D eigenvalue weighted by atomic mass is 32.3. The molecule has 0 aliphatic carbocycles. The average Bonchev–Trinajstić information content (AvgIpc) is 3.15. The van der Waals surface area contributed by atoms with Crippen LogP contribution < -0.4 is 4.72 Å². The fourth-order valence-corrected chi connectivity index (χ4v) is 6.19. The third kappa shape index (κ3) is 4.70. The highest BCUT2D eigenvalue weighted by Gasteiger charge is 2.33. The first-order valence-corrected chi connectivity index (χ1v) is 12.6. The molecule has 4 N–H and O–H groups in total. The monoisotopic (exact) mass is 476 g/mol. The van der Waals surface area contributed by atoms with Crippen LogP contribution in [0.25, 0.3) is 22.3 Å². The van der Waals surface area contributed by atoms with Gasteiger partial charge in [0, 0.05) is 40.9 Å². The summed E-state index contributed by atoms with van der Waals surface area (Å²) in [6.45, 7) is 0. The molecule has 3 aromatic heterocycles. The number of nitrogens with zero attached hydrogens (tertiary/aromatic N) is 2. The van der Waals surface area contributed by atoms with Crippen molar-refractivity contribution in [2.24, 2.45) is 0 Å². The van der Waals surface area contributed by atoms with Crippen LogP contribution in [0.15, 0.2) is 41.6 Å². The summed E-state index contributed by atoms with van der Waals surface area (Å²) in [5, 5.41) is 0.220. The topological polar surface area (TPSA) is 128 Å². The Bertz CT molecular complexity index is 1200. The SMILES string of the molecule is O=S(=O)(NC1CCS(O)(O)CC1)c1ccc(-c2ccnc3[nH]c(C(F)(F)F)cc23)nc1. The van der Waals surface area contributed by atoms with Crippen molar-refractivity contribution in [2.75, 3.05) is 11.5 Å². The zero-order valence-electron chi connectivity index (χ0n) is 15.9. The number of H-pyrrole nitrogens is 1. The minimum absolute atomic E-state index is 0.0493.